The SMILES string of the molecule is CCC(C(=O)C(CC)C(C)(C)CC)C(C)(C)CC. The Morgan fingerprint density at radius 1 is 0.778 bits per heavy atom. The minimum absolute atomic E-state index is 0.128. The molecule has 108 valence electrons. The van der Waals surface area contributed by atoms with Gasteiger partial charge in [0.25, 0.3) is 0 Å². The van der Waals surface area contributed by atoms with Crippen LogP contribution in [0.4, 0.5) is 0 Å². The molecule has 0 aliphatic heterocycles. The molecule has 18 heavy (non-hydrogen) atoms. The normalized spacial score (nSPS) is 16.4. The summed E-state index contributed by atoms with van der Waals surface area (Å²) in [5, 5.41) is 0. The van der Waals surface area contributed by atoms with Crippen LogP contribution in [0.1, 0.15) is 81.1 Å². The fraction of sp³-hybridized carbons (Fsp3) is 0.941. The summed E-state index contributed by atoms with van der Waals surface area (Å²) in [6.45, 7) is 17.7. The van der Waals surface area contributed by atoms with Crippen molar-refractivity contribution in [1.82, 2.24) is 0 Å². The maximum Gasteiger partial charge on any atom is 0.140 e. The van der Waals surface area contributed by atoms with Crippen molar-refractivity contribution in [3.05, 3.63) is 0 Å². The van der Waals surface area contributed by atoms with Crippen molar-refractivity contribution < 1.29 is 4.79 Å². The molecule has 1 heteroatoms. The van der Waals surface area contributed by atoms with E-state index in [1.807, 2.05) is 0 Å². The fourth-order valence-corrected chi connectivity index (χ4v) is 3.01. The Morgan fingerprint density at radius 2 is 1.06 bits per heavy atom. The Labute approximate surface area is 115 Å². The van der Waals surface area contributed by atoms with Gasteiger partial charge in [0.2, 0.25) is 0 Å². The Balaban J connectivity index is 5.20. The number of hydrogen-bond acceptors (Lipinski definition) is 1. The van der Waals surface area contributed by atoms with E-state index in [0.717, 1.165) is 25.7 Å². The van der Waals surface area contributed by atoms with Gasteiger partial charge < -0.3 is 0 Å². The highest BCUT2D eigenvalue weighted by Crippen LogP contribution is 2.41. The third-order valence-corrected chi connectivity index (χ3v) is 5.21. The predicted molar refractivity (Wildman–Crippen MR) is 80.7 cm³/mol. The van der Waals surface area contributed by atoms with E-state index in [1.54, 1.807) is 0 Å². The summed E-state index contributed by atoms with van der Waals surface area (Å²) in [6, 6.07) is 0. The summed E-state index contributed by atoms with van der Waals surface area (Å²) in [4.78, 5) is 12.9. The first-order valence-corrected chi connectivity index (χ1v) is 7.71. The van der Waals surface area contributed by atoms with Crippen molar-refractivity contribution in [2.45, 2.75) is 81.1 Å². The zero-order valence-electron chi connectivity index (χ0n) is 13.9. The monoisotopic (exact) mass is 254 g/mol. The van der Waals surface area contributed by atoms with Crippen molar-refractivity contribution in [2.75, 3.05) is 0 Å². The molecule has 0 fully saturated rings. The maximum absolute atomic E-state index is 12.9. The summed E-state index contributed by atoms with van der Waals surface area (Å²) >= 11 is 0. The van der Waals surface area contributed by atoms with Gasteiger partial charge in [0.1, 0.15) is 5.78 Å². The van der Waals surface area contributed by atoms with Crippen LogP contribution in [0, 0.1) is 22.7 Å². The van der Waals surface area contributed by atoms with Gasteiger partial charge in [-0.2, -0.15) is 0 Å². The summed E-state index contributed by atoms with van der Waals surface area (Å²) in [5.41, 5.74) is 0.256. The third-order valence-electron chi connectivity index (χ3n) is 5.21. The van der Waals surface area contributed by atoms with Gasteiger partial charge in [0.05, 0.1) is 0 Å². The van der Waals surface area contributed by atoms with Crippen LogP contribution in [0.2, 0.25) is 0 Å². The van der Waals surface area contributed by atoms with Gasteiger partial charge >= 0.3 is 0 Å². The van der Waals surface area contributed by atoms with Crippen molar-refractivity contribution in [2.24, 2.45) is 22.7 Å². The molecule has 0 aromatic rings. The molecule has 0 rings (SSSR count). The number of rotatable bonds is 8. The van der Waals surface area contributed by atoms with Gasteiger partial charge in [-0.25, -0.2) is 0 Å². The lowest BCUT2D eigenvalue weighted by Crippen LogP contribution is -2.39. The minimum atomic E-state index is 0.128. The van der Waals surface area contributed by atoms with Gasteiger partial charge in [-0.1, -0.05) is 68.2 Å². The summed E-state index contributed by atoms with van der Waals surface area (Å²) in [6.07, 6.45) is 4.08. The molecular weight excluding hydrogens is 220 g/mol. The van der Waals surface area contributed by atoms with E-state index in [1.165, 1.54) is 0 Å². The molecule has 0 saturated carbocycles. The Morgan fingerprint density at radius 3 is 1.22 bits per heavy atom. The maximum atomic E-state index is 12.9. The third kappa shape index (κ3) is 3.83. The van der Waals surface area contributed by atoms with Crippen LogP contribution in [0.3, 0.4) is 0 Å². The molecule has 0 aromatic carbocycles. The molecule has 0 aromatic heterocycles. The molecule has 1 nitrogen and oxygen atoms in total. The van der Waals surface area contributed by atoms with Crippen LogP contribution in [0.5, 0.6) is 0 Å². The van der Waals surface area contributed by atoms with E-state index in [-0.39, 0.29) is 22.7 Å². The first-order chi connectivity index (χ1) is 8.17. The van der Waals surface area contributed by atoms with E-state index in [0.29, 0.717) is 5.78 Å². The minimum Gasteiger partial charge on any atom is -0.299 e. The molecule has 0 bridgehead atoms. The van der Waals surface area contributed by atoms with Crippen molar-refractivity contribution in [1.29, 1.82) is 0 Å². The van der Waals surface area contributed by atoms with Crippen LogP contribution < -0.4 is 0 Å². The summed E-state index contributed by atoms with van der Waals surface area (Å²) in [5.74, 6) is 0.912. The number of Topliss-reactive ketones (excluding diaryl/α,β-unsaturated/α-hetero) is 1. The first kappa shape index (κ1) is 17.7. The molecule has 0 saturated heterocycles. The largest absolute Gasteiger partial charge is 0.299 e. The molecular formula is C17H34O. The molecule has 2 atom stereocenters. The second kappa shape index (κ2) is 6.73. The van der Waals surface area contributed by atoms with E-state index in [2.05, 4.69) is 55.4 Å². The zero-order valence-corrected chi connectivity index (χ0v) is 13.9. The smallest absolute Gasteiger partial charge is 0.140 e. The highest BCUT2D eigenvalue weighted by molar-refractivity contribution is 5.84. The Bertz CT molecular complexity index is 237. The molecule has 0 spiro atoms. The highest BCUT2D eigenvalue weighted by atomic mass is 16.1. The van der Waals surface area contributed by atoms with Gasteiger partial charge in [-0.05, 0) is 23.7 Å². The second-order valence-electron chi connectivity index (χ2n) is 7.01. The van der Waals surface area contributed by atoms with Crippen LogP contribution in [-0.4, -0.2) is 5.78 Å². The highest BCUT2D eigenvalue weighted by Gasteiger charge is 2.40. The first-order valence-electron chi connectivity index (χ1n) is 7.71. The quantitative estimate of drug-likeness (QED) is 0.560. The number of carbonyl (C=O) groups is 1. The van der Waals surface area contributed by atoms with Crippen LogP contribution in [0.15, 0.2) is 0 Å². The molecule has 0 aliphatic carbocycles. The van der Waals surface area contributed by atoms with Gasteiger partial charge in [-0.3, -0.25) is 4.79 Å². The van der Waals surface area contributed by atoms with E-state index in [9.17, 15) is 4.79 Å². The van der Waals surface area contributed by atoms with E-state index >= 15 is 0 Å². The van der Waals surface area contributed by atoms with Gasteiger partial charge in [0.15, 0.2) is 0 Å². The molecule has 0 radical (unpaired) electrons. The average Bonchev–Trinajstić information content (AvgIpc) is 2.30. The van der Waals surface area contributed by atoms with Crippen LogP contribution in [0.25, 0.3) is 0 Å². The number of carbonyl (C=O) groups excluding carboxylic acids is 1. The summed E-state index contributed by atoms with van der Waals surface area (Å²) in [7, 11) is 0. The Hall–Kier alpha value is -0.330. The Kier molecular flexibility index (Phi) is 6.60. The lowest BCUT2D eigenvalue weighted by atomic mass is 9.64. The summed E-state index contributed by atoms with van der Waals surface area (Å²) < 4.78 is 0. The molecule has 0 heterocycles. The van der Waals surface area contributed by atoms with Gasteiger partial charge in [0, 0.05) is 11.8 Å². The molecule has 0 aliphatic rings. The molecule has 0 amide bonds. The van der Waals surface area contributed by atoms with Crippen LogP contribution in [-0.2, 0) is 4.79 Å². The van der Waals surface area contributed by atoms with Gasteiger partial charge in [-0.15, -0.1) is 0 Å². The lowest BCUT2D eigenvalue weighted by Gasteiger charge is -2.39. The average molecular weight is 254 g/mol. The molecule has 0 N–H and O–H groups in total. The standard InChI is InChI=1S/C17H34O/c1-9-13(16(5,6)11-3)15(18)14(10-2)17(7,8)12-4/h13-14H,9-12H2,1-8H3. The van der Waals surface area contributed by atoms with Crippen LogP contribution >= 0.6 is 0 Å². The topological polar surface area (TPSA) is 17.1 Å². The van der Waals surface area contributed by atoms with Crippen molar-refractivity contribution in [3.63, 3.8) is 0 Å². The number of hydrogen-bond donors (Lipinski definition) is 0. The molecule has 2 unspecified atom stereocenters. The number of ketones is 1. The van der Waals surface area contributed by atoms with E-state index in [4.69, 9.17) is 0 Å². The van der Waals surface area contributed by atoms with E-state index < -0.39 is 0 Å². The second-order valence-corrected chi connectivity index (χ2v) is 7.01. The lowest BCUT2D eigenvalue weighted by molar-refractivity contribution is -0.134. The zero-order chi connectivity index (χ0) is 14.6. The fourth-order valence-electron chi connectivity index (χ4n) is 3.01. The predicted octanol–water partition coefficient (Wildman–Crippen LogP) is 5.48. The van der Waals surface area contributed by atoms with Crippen molar-refractivity contribution >= 4 is 5.78 Å². The van der Waals surface area contributed by atoms with Crippen molar-refractivity contribution in [3.8, 4) is 0 Å².